The highest BCUT2D eigenvalue weighted by molar-refractivity contribution is 7.14. The van der Waals surface area contributed by atoms with E-state index in [9.17, 15) is 14.4 Å². The first-order chi connectivity index (χ1) is 12.9. The van der Waals surface area contributed by atoms with E-state index in [1.165, 1.54) is 12.3 Å². The van der Waals surface area contributed by atoms with E-state index in [1.807, 2.05) is 19.1 Å². The summed E-state index contributed by atoms with van der Waals surface area (Å²) in [6.45, 7) is 3.20. The van der Waals surface area contributed by atoms with Gasteiger partial charge in [0.15, 0.2) is 10.9 Å². The average molecular weight is 387 g/mol. The van der Waals surface area contributed by atoms with Crippen LogP contribution in [-0.4, -0.2) is 22.8 Å². The maximum Gasteiger partial charge on any atom is 0.325 e. The summed E-state index contributed by atoms with van der Waals surface area (Å²) in [7, 11) is 0. The van der Waals surface area contributed by atoms with Gasteiger partial charge >= 0.3 is 12.0 Å². The van der Waals surface area contributed by atoms with Gasteiger partial charge in [-0.1, -0.05) is 24.5 Å². The fourth-order valence-electron chi connectivity index (χ4n) is 3.14. The average Bonchev–Trinajstić information content (AvgIpc) is 3.27. The summed E-state index contributed by atoms with van der Waals surface area (Å²) in [6.07, 6.45) is 3.94. The number of rotatable bonds is 5. The van der Waals surface area contributed by atoms with Crippen LogP contribution in [0.3, 0.4) is 0 Å². The van der Waals surface area contributed by atoms with E-state index in [0.717, 1.165) is 42.6 Å². The molecule has 2 amide bonds. The maximum atomic E-state index is 12.8. The summed E-state index contributed by atoms with van der Waals surface area (Å²) in [5.74, 6) is -0.236. The Labute approximate surface area is 161 Å². The number of thiazole rings is 1. The molecule has 142 valence electrons. The summed E-state index contributed by atoms with van der Waals surface area (Å²) in [5.41, 5.74) is 1.98. The number of carbonyl (C=O) groups excluding carboxylic acids is 3. The number of esters is 1. The van der Waals surface area contributed by atoms with E-state index in [4.69, 9.17) is 4.74 Å². The lowest BCUT2D eigenvalue weighted by atomic mass is 9.94. The number of carbonyl (C=O) groups is 3. The molecule has 1 heterocycles. The minimum absolute atomic E-state index is 0.0284. The Morgan fingerprint density at radius 3 is 2.63 bits per heavy atom. The van der Waals surface area contributed by atoms with E-state index in [1.54, 1.807) is 6.07 Å². The Morgan fingerprint density at radius 1 is 1.19 bits per heavy atom. The van der Waals surface area contributed by atoms with Gasteiger partial charge in [0.1, 0.15) is 0 Å². The van der Waals surface area contributed by atoms with E-state index in [2.05, 4.69) is 15.6 Å². The second-order valence-electron chi connectivity index (χ2n) is 6.56. The third-order valence-corrected chi connectivity index (χ3v) is 5.10. The standard InChI is InChI=1S/C19H21N3O4S/c1-11-7-8-15(14(9-11)17(24)13-5-3-4-6-13)20-18(25)22-19-21-16(10-27-19)26-12(2)23/h7-10,13H,3-6H2,1-2H3,(H2,20,21,22,25). The maximum absolute atomic E-state index is 12.8. The molecule has 3 rings (SSSR count). The molecule has 1 saturated carbocycles. The zero-order valence-corrected chi connectivity index (χ0v) is 16.0. The van der Waals surface area contributed by atoms with Crippen molar-refractivity contribution in [2.75, 3.05) is 10.6 Å². The Hall–Kier alpha value is -2.74. The van der Waals surface area contributed by atoms with Gasteiger partial charge in [-0.15, -0.1) is 11.3 Å². The van der Waals surface area contributed by atoms with Gasteiger partial charge in [0.05, 0.1) is 11.1 Å². The molecule has 0 unspecified atom stereocenters. The van der Waals surface area contributed by atoms with Gasteiger partial charge in [-0.05, 0) is 31.9 Å². The van der Waals surface area contributed by atoms with Gasteiger partial charge in [-0.2, -0.15) is 4.98 Å². The van der Waals surface area contributed by atoms with Crippen molar-refractivity contribution >= 4 is 39.9 Å². The zero-order chi connectivity index (χ0) is 19.4. The first kappa shape index (κ1) is 19.0. The van der Waals surface area contributed by atoms with Crippen LogP contribution in [0.1, 0.15) is 48.5 Å². The Bertz CT molecular complexity index is 872. The van der Waals surface area contributed by atoms with Crippen LogP contribution in [0, 0.1) is 12.8 Å². The lowest BCUT2D eigenvalue weighted by Crippen LogP contribution is -2.22. The third-order valence-electron chi connectivity index (χ3n) is 4.37. The molecule has 0 aliphatic heterocycles. The molecular formula is C19H21N3O4S. The van der Waals surface area contributed by atoms with Crippen LogP contribution in [-0.2, 0) is 4.79 Å². The van der Waals surface area contributed by atoms with Crippen LogP contribution in [0.4, 0.5) is 15.6 Å². The van der Waals surface area contributed by atoms with Gasteiger partial charge in [0.25, 0.3) is 0 Å². The summed E-state index contributed by atoms with van der Waals surface area (Å²) in [5, 5.41) is 7.13. The van der Waals surface area contributed by atoms with E-state index >= 15 is 0 Å². The van der Waals surface area contributed by atoms with Crippen molar-refractivity contribution in [2.24, 2.45) is 5.92 Å². The molecule has 1 aliphatic rings. The number of nitrogens with one attached hydrogen (secondary N) is 2. The molecule has 7 nitrogen and oxygen atoms in total. The zero-order valence-electron chi connectivity index (χ0n) is 15.2. The number of urea groups is 1. The highest BCUT2D eigenvalue weighted by atomic mass is 32.1. The summed E-state index contributed by atoms with van der Waals surface area (Å²) in [6, 6.07) is 4.90. The number of hydrogen-bond acceptors (Lipinski definition) is 6. The molecule has 27 heavy (non-hydrogen) atoms. The van der Waals surface area contributed by atoms with Crippen molar-refractivity contribution < 1.29 is 19.1 Å². The SMILES string of the molecule is CC(=O)Oc1csc(NC(=O)Nc2ccc(C)cc2C(=O)C2CCCC2)n1. The number of nitrogens with zero attached hydrogens (tertiary/aromatic N) is 1. The first-order valence-electron chi connectivity index (χ1n) is 8.79. The lowest BCUT2D eigenvalue weighted by molar-refractivity contribution is -0.132. The van der Waals surface area contributed by atoms with Crippen LogP contribution in [0.25, 0.3) is 0 Å². The highest BCUT2D eigenvalue weighted by Gasteiger charge is 2.26. The number of ketones is 1. The van der Waals surface area contributed by atoms with Gasteiger partial charge in [0, 0.05) is 18.4 Å². The van der Waals surface area contributed by atoms with Crippen LogP contribution >= 0.6 is 11.3 Å². The normalized spacial score (nSPS) is 14.0. The van der Waals surface area contributed by atoms with Crippen LogP contribution in [0.15, 0.2) is 23.6 Å². The summed E-state index contributed by atoms with van der Waals surface area (Å²) < 4.78 is 4.86. The number of aromatic nitrogens is 1. The van der Waals surface area contributed by atoms with Crippen molar-refractivity contribution in [1.29, 1.82) is 0 Å². The van der Waals surface area contributed by atoms with Crippen LogP contribution in [0.2, 0.25) is 0 Å². The number of amides is 2. The largest absolute Gasteiger partial charge is 0.407 e. The monoisotopic (exact) mass is 387 g/mol. The third kappa shape index (κ3) is 4.91. The quantitative estimate of drug-likeness (QED) is 0.586. The Kier molecular flexibility index (Phi) is 5.85. The van der Waals surface area contributed by atoms with Crippen LogP contribution in [0.5, 0.6) is 5.88 Å². The molecule has 2 aromatic rings. The molecule has 1 aromatic carbocycles. The van der Waals surface area contributed by atoms with Crippen molar-refractivity contribution in [3.05, 3.63) is 34.7 Å². The van der Waals surface area contributed by atoms with Gasteiger partial charge in [0.2, 0.25) is 5.88 Å². The predicted molar refractivity (Wildman–Crippen MR) is 104 cm³/mol. The smallest absolute Gasteiger partial charge is 0.325 e. The predicted octanol–water partition coefficient (Wildman–Crippen LogP) is 4.39. The summed E-state index contributed by atoms with van der Waals surface area (Å²) in [4.78, 5) is 40.1. The number of hydrogen-bond donors (Lipinski definition) is 2. The summed E-state index contributed by atoms with van der Waals surface area (Å²) >= 11 is 1.14. The molecule has 8 heteroatoms. The fraction of sp³-hybridized carbons (Fsp3) is 0.368. The second kappa shape index (κ2) is 8.30. The topological polar surface area (TPSA) is 97.4 Å². The fourth-order valence-corrected chi connectivity index (χ4v) is 3.75. The molecule has 1 fully saturated rings. The molecule has 0 radical (unpaired) electrons. The second-order valence-corrected chi connectivity index (χ2v) is 7.42. The van der Waals surface area contributed by atoms with Crippen LogP contribution < -0.4 is 15.4 Å². The molecule has 0 spiro atoms. The first-order valence-corrected chi connectivity index (χ1v) is 9.67. The Balaban J connectivity index is 1.71. The molecular weight excluding hydrogens is 366 g/mol. The molecule has 2 N–H and O–H groups in total. The Morgan fingerprint density at radius 2 is 1.93 bits per heavy atom. The minimum Gasteiger partial charge on any atom is -0.407 e. The molecule has 0 atom stereocenters. The molecule has 0 bridgehead atoms. The van der Waals surface area contributed by atoms with Crippen molar-refractivity contribution in [3.8, 4) is 5.88 Å². The highest BCUT2D eigenvalue weighted by Crippen LogP contribution is 2.31. The number of Topliss-reactive ketones (excluding diaryl/α,β-unsaturated/α-hetero) is 1. The number of benzene rings is 1. The van der Waals surface area contributed by atoms with E-state index < -0.39 is 12.0 Å². The number of anilines is 2. The molecule has 1 aliphatic carbocycles. The van der Waals surface area contributed by atoms with Crippen molar-refractivity contribution in [3.63, 3.8) is 0 Å². The van der Waals surface area contributed by atoms with E-state index in [-0.39, 0.29) is 17.6 Å². The number of ether oxygens (including phenoxy) is 1. The molecule has 1 aromatic heterocycles. The number of aryl methyl sites for hydroxylation is 1. The van der Waals surface area contributed by atoms with E-state index in [0.29, 0.717) is 16.4 Å². The minimum atomic E-state index is -0.511. The van der Waals surface area contributed by atoms with Crippen molar-refractivity contribution in [1.82, 2.24) is 4.98 Å². The molecule has 0 saturated heterocycles. The van der Waals surface area contributed by atoms with Gasteiger partial charge in [-0.3, -0.25) is 14.9 Å². The lowest BCUT2D eigenvalue weighted by Gasteiger charge is -2.14. The van der Waals surface area contributed by atoms with Crippen molar-refractivity contribution in [2.45, 2.75) is 39.5 Å². The van der Waals surface area contributed by atoms with Gasteiger partial charge < -0.3 is 10.1 Å². The van der Waals surface area contributed by atoms with Gasteiger partial charge in [-0.25, -0.2) is 4.79 Å².